The molecule has 0 aromatic carbocycles. The Morgan fingerprint density at radius 1 is 1.50 bits per heavy atom. The topological polar surface area (TPSA) is 57.4 Å². The standard InChI is InChI=1S/C8H8F3IN2O2/c1-15-5-3-14-7(16-8(9,10)11)4(2-13)6(5)12/h3H,2,13H2,1H3. The Balaban J connectivity index is 3.16. The molecule has 0 aliphatic rings. The monoisotopic (exact) mass is 348 g/mol. The fraction of sp³-hybridized carbons (Fsp3) is 0.375. The van der Waals surface area contributed by atoms with E-state index in [1.165, 1.54) is 7.11 Å². The minimum Gasteiger partial charge on any atom is -0.494 e. The van der Waals surface area contributed by atoms with Gasteiger partial charge in [0.05, 0.1) is 16.9 Å². The summed E-state index contributed by atoms with van der Waals surface area (Å²) < 4.78 is 45.2. The highest BCUT2D eigenvalue weighted by Crippen LogP contribution is 2.31. The van der Waals surface area contributed by atoms with Gasteiger partial charge in [0.2, 0.25) is 5.88 Å². The number of nitrogens with two attached hydrogens (primary N) is 1. The molecule has 0 atom stereocenters. The number of nitrogens with zero attached hydrogens (tertiary/aromatic N) is 1. The smallest absolute Gasteiger partial charge is 0.494 e. The number of hydrogen-bond acceptors (Lipinski definition) is 4. The Hall–Kier alpha value is -0.770. The number of pyridine rings is 1. The van der Waals surface area contributed by atoms with Gasteiger partial charge in [-0.3, -0.25) is 0 Å². The minimum atomic E-state index is -4.78. The Kier molecular flexibility index (Phi) is 4.19. The summed E-state index contributed by atoms with van der Waals surface area (Å²) in [7, 11) is 1.39. The molecule has 16 heavy (non-hydrogen) atoms. The normalized spacial score (nSPS) is 11.4. The molecule has 0 saturated heterocycles. The Bertz CT molecular complexity index is 384. The van der Waals surface area contributed by atoms with Gasteiger partial charge in [0.15, 0.2) is 5.75 Å². The van der Waals surface area contributed by atoms with Crippen molar-refractivity contribution in [1.82, 2.24) is 4.98 Å². The van der Waals surface area contributed by atoms with E-state index in [2.05, 4.69) is 9.72 Å². The molecule has 0 unspecified atom stereocenters. The second kappa shape index (κ2) is 5.04. The van der Waals surface area contributed by atoms with Gasteiger partial charge in [-0.05, 0) is 22.6 Å². The molecule has 1 aromatic rings. The van der Waals surface area contributed by atoms with Crippen molar-refractivity contribution in [3.8, 4) is 11.6 Å². The Morgan fingerprint density at radius 2 is 2.12 bits per heavy atom. The first-order valence-corrected chi connectivity index (χ1v) is 5.14. The summed E-state index contributed by atoms with van der Waals surface area (Å²) in [6, 6.07) is 0. The average Bonchev–Trinajstić information content (AvgIpc) is 2.16. The van der Waals surface area contributed by atoms with E-state index in [0.29, 0.717) is 9.32 Å². The number of halogens is 4. The molecular formula is C8H8F3IN2O2. The van der Waals surface area contributed by atoms with E-state index >= 15 is 0 Å². The molecule has 4 nitrogen and oxygen atoms in total. The second-order valence-corrected chi connectivity index (χ2v) is 3.75. The van der Waals surface area contributed by atoms with Gasteiger partial charge < -0.3 is 15.2 Å². The molecule has 0 fully saturated rings. The van der Waals surface area contributed by atoms with Crippen LogP contribution in [-0.4, -0.2) is 18.5 Å². The van der Waals surface area contributed by atoms with Crippen LogP contribution in [0.25, 0.3) is 0 Å². The molecule has 1 heterocycles. The molecule has 0 radical (unpaired) electrons. The van der Waals surface area contributed by atoms with E-state index in [1.54, 1.807) is 0 Å². The van der Waals surface area contributed by atoms with Crippen molar-refractivity contribution < 1.29 is 22.6 Å². The molecule has 1 rings (SSSR count). The first kappa shape index (κ1) is 13.3. The van der Waals surface area contributed by atoms with E-state index in [4.69, 9.17) is 10.5 Å². The highest BCUT2D eigenvalue weighted by Gasteiger charge is 2.33. The van der Waals surface area contributed by atoms with Crippen molar-refractivity contribution in [2.75, 3.05) is 7.11 Å². The van der Waals surface area contributed by atoms with E-state index in [0.717, 1.165) is 6.20 Å². The van der Waals surface area contributed by atoms with Gasteiger partial charge in [-0.2, -0.15) is 0 Å². The molecular weight excluding hydrogens is 340 g/mol. The molecule has 2 N–H and O–H groups in total. The maximum Gasteiger partial charge on any atom is 0.574 e. The van der Waals surface area contributed by atoms with Crippen molar-refractivity contribution >= 4 is 22.6 Å². The lowest BCUT2D eigenvalue weighted by Gasteiger charge is -2.14. The van der Waals surface area contributed by atoms with Gasteiger partial charge in [0.1, 0.15) is 0 Å². The van der Waals surface area contributed by atoms with E-state index in [9.17, 15) is 13.2 Å². The van der Waals surface area contributed by atoms with Gasteiger partial charge in [-0.25, -0.2) is 4.98 Å². The largest absolute Gasteiger partial charge is 0.574 e. The van der Waals surface area contributed by atoms with Gasteiger partial charge >= 0.3 is 6.36 Å². The van der Waals surface area contributed by atoms with Crippen LogP contribution < -0.4 is 15.2 Å². The fourth-order valence-electron chi connectivity index (χ4n) is 1.01. The number of rotatable bonds is 3. The summed E-state index contributed by atoms with van der Waals surface area (Å²) in [5.41, 5.74) is 5.51. The van der Waals surface area contributed by atoms with Gasteiger partial charge in [-0.15, -0.1) is 13.2 Å². The van der Waals surface area contributed by atoms with Crippen LogP contribution in [0.5, 0.6) is 11.6 Å². The van der Waals surface area contributed by atoms with Gasteiger partial charge in [-0.1, -0.05) is 0 Å². The molecule has 0 spiro atoms. The predicted octanol–water partition coefficient (Wildman–Crippen LogP) is 2.05. The molecule has 8 heteroatoms. The summed E-state index contributed by atoms with van der Waals surface area (Å²) in [6.45, 7) is -0.117. The summed E-state index contributed by atoms with van der Waals surface area (Å²) >= 11 is 1.83. The van der Waals surface area contributed by atoms with Crippen LogP contribution in [0.15, 0.2) is 6.20 Å². The lowest BCUT2D eigenvalue weighted by molar-refractivity contribution is -0.276. The van der Waals surface area contributed by atoms with Crippen LogP contribution in [0.2, 0.25) is 0 Å². The molecule has 0 bridgehead atoms. The van der Waals surface area contributed by atoms with E-state index < -0.39 is 12.2 Å². The Morgan fingerprint density at radius 3 is 2.56 bits per heavy atom. The third-order valence-corrected chi connectivity index (χ3v) is 2.86. The second-order valence-electron chi connectivity index (χ2n) is 2.68. The number of aromatic nitrogens is 1. The number of alkyl halides is 3. The summed E-state index contributed by atoms with van der Waals surface area (Å²) in [5, 5.41) is 0. The van der Waals surface area contributed by atoms with Crippen LogP contribution >= 0.6 is 22.6 Å². The number of hydrogen-bond donors (Lipinski definition) is 1. The zero-order valence-electron chi connectivity index (χ0n) is 8.14. The maximum atomic E-state index is 12.0. The predicted molar refractivity (Wildman–Crippen MR) is 58.1 cm³/mol. The van der Waals surface area contributed by atoms with Crippen LogP contribution in [-0.2, 0) is 6.54 Å². The first-order valence-electron chi connectivity index (χ1n) is 4.06. The van der Waals surface area contributed by atoms with Crippen LogP contribution in [0.4, 0.5) is 13.2 Å². The van der Waals surface area contributed by atoms with E-state index in [1.807, 2.05) is 22.6 Å². The summed E-state index contributed by atoms with van der Waals surface area (Å²) in [6.07, 6.45) is -3.63. The summed E-state index contributed by atoms with van der Waals surface area (Å²) in [4.78, 5) is 3.51. The van der Waals surface area contributed by atoms with Crippen LogP contribution in [0.3, 0.4) is 0 Å². The highest BCUT2D eigenvalue weighted by molar-refractivity contribution is 14.1. The minimum absolute atomic E-state index is 0.117. The quantitative estimate of drug-likeness (QED) is 0.850. The highest BCUT2D eigenvalue weighted by atomic mass is 127. The van der Waals surface area contributed by atoms with Crippen molar-refractivity contribution in [2.24, 2.45) is 5.73 Å². The lowest BCUT2D eigenvalue weighted by atomic mass is 10.2. The molecule has 0 aliphatic heterocycles. The average molecular weight is 348 g/mol. The zero-order valence-corrected chi connectivity index (χ0v) is 10.3. The van der Waals surface area contributed by atoms with Crippen molar-refractivity contribution in [2.45, 2.75) is 12.9 Å². The maximum absolute atomic E-state index is 12.0. The Labute approximate surface area is 103 Å². The number of ether oxygens (including phenoxy) is 2. The van der Waals surface area contributed by atoms with Crippen LogP contribution in [0, 0.1) is 3.57 Å². The molecule has 0 saturated carbocycles. The first-order chi connectivity index (χ1) is 7.39. The van der Waals surface area contributed by atoms with Crippen LogP contribution in [0.1, 0.15) is 5.56 Å². The molecule has 1 aromatic heterocycles. The lowest BCUT2D eigenvalue weighted by Crippen LogP contribution is -2.20. The molecule has 0 aliphatic carbocycles. The van der Waals surface area contributed by atoms with E-state index in [-0.39, 0.29) is 12.1 Å². The van der Waals surface area contributed by atoms with Crippen molar-refractivity contribution in [3.05, 3.63) is 15.3 Å². The van der Waals surface area contributed by atoms with Crippen molar-refractivity contribution in [1.29, 1.82) is 0 Å². The summed E-state index contributed by atoms with van der Waals surface area (Å²) in [5.74, 6) is -0.184. The molecule has 90 valence electrons. The van der Waals surface area contributed by atoms with Gasteiger partial charge in [0.25, 0.3) is 0 Å². The fourth-order valence-corrected chi connectivity index (χ4v) is 1.82. The third kappa shape index (κ3) is 3.11. The van der Waals surface area contributed by atoms with Gasteiger partial charge in [0, 0.05) is 12.1 Å². The third-order valence-electron chi connectivity index (χ3n) is 1.67. The number of methoxy groups -OCH3 is 1. The SMILES string of the molecule is COc1cnc(OC(F)(F)F)c(CN)c1I. The molecule has 0 amide bonds. The van der Waals surface area contributed by atoms with Crippen molar-refractivity contribution in [3.63, 3.8) is 0 Å². The zero-order chi connectivity index (χ0) is 12.3.